The minimum Gasteiger partial charge on any atom is -0.394 e. The van der Waals surface area contributed by atoms with Gasteiger partial charge in [0.05, 0.1) is 18.3 Å². The number of fused-ring (bicyclic) bond motifs is 1. The third-order valence-electron chi connectivity index (χ3n) is 8.54. The van der Waals surface area contributed by atoms with Crippen LogP contribution >= 0.6 is 0 Å². The Balaban J connectivity index is 1.31. The quantitative estimate of drug-likeness (QED) is 0.266. The van der Waals surface area contributed by atoms with Crippen LogP contribution in [0.1, 0.15) is 64.7 Å². The number of carbonyl (C=O) groups is 2. The van der Waals surface area contributed by atoms with Crippen LogP contribution in [0.5, 0.6) is 0 Å². The molecule has 9 nitrogen and oxygen atoms in total. The number of amides is 2. The van der Waals surface area contributed by atoms with Crippen molar-refractivity contribution < 1.29 is 14.7 Å². The number of benzene rings is 2. The molecule has 2 aliphatic carbocycles. The lowest BCUT2D eigenvalue weighted by molar-refractivity contribution is -0.118. The molecule has 0 bridgehead atoms. The smallest absolute Gasteiger partial charge is 0.270 e. The molecule has 3 atom stereocenters. The molecule has 2 unspecified atom stereocenters. The second-order valence-electron chi connectivity index (χ2n) is 11.2. The second kappa shape index (κ2) is 10.1. The van der Waals surface area contributed by atoms with Gasteiger partial charge in [-0.1, -0.05) is 36.4 Å². The zero-order valence-corrected chi connectivity index (χ0v) is 22.9. The molecule has 9 heteroatoms. The van der Waals surface area contributed by atoms with Crippen molar-refractivity contribution in [3.8, 4) is 11.1 Å². The summed E-state index contributed by atoms with van der Waals surface area (Å²) < 4.78 is 1.50. The van der Waals surface area contributed by atoms with Crippen LogP contribution in [-0.2, 0) is 11.2 Å². The number of carbonyl (C=O) groups excluding carboxylic acids is 2. The summed E-state index contributed by atoms with van der Waals surface area (Å²) in [6.45, 7) is 5.58. The van der Waals surface area contributed by atoms with Crippen LogP contribution < -0.4 is 10.6 Å². The van der Waals surface area contributed by atoms with E-state index in [4.69, 9.17) is 0 Å². The zero-order chi connectivity index (χ0) is 28.0. The molecule has 6 rings (SSSR count). The molecule has 4 aromatic rings. The number of nitrogens with zero attached hydrogens (tertiary/aromatic N) is 3. The Morgan fingerprint density at radius 1 is 1.12 bits per heavy atom. The van der Waals surface area contributed by atoms with Gasteiger partial charge < -0.3 is 15.7 Å². The first kappa shape index (κ1) is 26.0. The number of aliphatic hydroxyl groups is 1. The molecule has 2 heterocycles. The average molecular weight is 539 g/mol. The summed E-state index contributed by atoms with van der Waals surface area (Å²) in [7, 11) is 0. The maximum Gasteiger partial charge on any atom is 0.270 e. The molecule has 2 aromatic heterocycles. The van der Waals surface area contributed by atoms with Crippen molar-refractivity contribution in [2.24, 2.45) is 5.41 Å². The van der Waals surface area contributed by atoms with Crippen molar-refractivity contribution in [2.45, 2.75) is 58.0 Å². The Kier molecular flexibility index (Phi) is 6.54. The first-order valence-electron chi connectivity index (χ1n) is 13.8. The standard InChI is InChI=1S/C31H34N6O3/c1-18(17-38)37-25(12-15-32-37)29(39)34-28(27-24-7-5-4-6-22(24)16-31(27)13-14-31)30(40)33-23-10-8-21(9-11-23)26-19(2)35-36-20(26)3/h4-12,15,18,27-28,38H,13-14,16-17H2,1-3H3,(H,33,40)(H,34,39)(H,35,36)/t18?,27?,28-/m0/s1. The van der Waals surface area contributed by atoms with E-state index in [-0.39, 0.29) is 35.8 Å². The van der Waals surface area contributed by atoms with Gasteiger partial charge in [-0.25, -0.2) is 0 Å². The van der Waals surface area contributed by atoms with Crippen molar-refractivity contribution in [3.63, 3.8) is 0 Å². The molecule has 0 radical (unpaired) electrons. The number of aliphatic hydroxyl groups excluding tert-OH is 1. The molecular weight excluding hydrogens is 504 g/mol. The van der Waals surface area contributed by atoms with Crippen molar-refractivity contribution in [1.29, 1.82) is 0 Å². The lowest BCUT2D eigenvalue weighted by atomic mass is 9.82. The molecule has 2 aliphatic rings. The highest BCUT2D eigenvalue weighted by Gasteiger charge is 2.58. The van der Waals surface area contributed by atoms with E-state index in [1.54, 1.807) is 13.0 Å². The fourth-order valence-corrected chi connectivity index (χ4v) is 6.35. The Labute approximate surface area is 233 Å². The fourth-order valence-electron chi connectivity index (χ4n) is 6.35. The van der Waals surface area contributed by atoms with E-state index in [1.807, 2.05) is 50.2 Å². The van der Waals surface area contributed by atoms with Gasteiger partial charge in [0.25, 0.3) is 5.91 Å². The lowest BCUT2D eigenvalue weighted by Crippen LogP contribution is -2.49. The van der Waals surface area contributed by atoms with E-state index in [9.17, 15) is 14.7 Å². The highest BCUT2D eigenvalue weighted by atomic mass is 16.3. The first-order valence-corrected chi connectivity index (χ1v) is 13.8. The van der Waals surface area contributed by atoms with Gasteiger partial charge in [0.2, 0.25) is 5.91 Å². The van der Waals surface area contributed by atoms with E-state index in [1.165, 1.54) is 16.4 Å². The fraction of sp³-hybridized carbons (Fsp3) is 0.355. The molecule has 1 fully saturated rings. The number of anilines is 1. The van der Waals surface area contributed by atoms with Crippen molar-refractivity contribution in [1.82, 2.24) is 25.3 Å². The Hall–Kier alpha value is -4.24. The normalized spacial score (nSPS) is 18.2. The number of rotatable bonds is 8. The molecule has 0 saturated heterocycles. The summed E-state index contributed by atoms with van der Waals surface area (Å²) in [6.07, 6.45) is 4.48. The van der Waals surface area contributed by atoms with E-state index < -0.39 is 6.04 Å². The van der Waals surface area contributed by atoms with E-state index in [0.717, 1.165) is 47.3 Å². The summed E-state index contributed by atoms with van der Waals surface area (Å²) in [5, 5.41) is 27.3. The summed E-state index contributed by atoms with van der Waals surface area (Å²) in [5.41, 5.74) is 7.27. The maximum absolute atomic E-state index is 14.0. The monoisotopic (exact) mass is 538 g/mol. The zero-order valence-electron chi connectivity index (χ0n) is 22.9. The third kappa shape index (κ3) is 4.50. The average Bonchev–Trinajstić information content (AvgIpc) is 3.27. The third-order valence-corrected chi connectivity index (χ3v) is 8.54. The topological polar surface area (TPSA) is 125 Å². The summed E-state index contributed by atoms with van der Waals surface area (Å²) in [5.74, 6) is -0.791. The molecule has 40 heavy (non-hydrogen) atoms. The molecule has 2 amide bonds. The predicted octanol–water partition coefficient (Wildman–Crippen LogP) is 4.30. The van der Waals surface area contributed by atoms with Crippen LogP contribution in [0, 0.1) is 19.3 Å². The van der Waals surface area contributed by atoms with Gasteiger partial charge in [0.15, 0.2) is 0 Å². The van der Waals surface area contributed by atoms with Gasteiger partial charge in [-0.3, -0.25) is 19.4 Å². The number of nitrogens with one attached hydrogen (secondary N) is 3. The molecule has 1 spiro atoms. The highest BCUT2D eigenvalue weighted by Crippen LogP contribution is 2.64. The van der Waals surface area contributed by atoms with Crippen molar-refractivity contribution >= 4 is 17.5 Å². The van der Waals surface area contributed by atoms with E-state index in [2.05, 4.69) is 38.1 Å². The maximum atomic E-state index is 14.0. The van der Waals surface area contributed by atoms with Crippen LogP contribution in [0.2, 0.25) is 0 Å². The van der Waals surface area contributed by atoms with Crippen LogP contribution in [0.3, 0.4) is 0 Å². The van der Waals surface area contributed by atoms with Gasteiger partial charge >= 0.3 is 0 Å². The van der Waals surface area contributed by atoms with Gasteiger partial charge in [-0.15, -0.1) is 0 Å². The Bertz CT molecular complexity index is 1550. The van der Waals surface area contributed by atoms with Gasteiger partial charge in [-0.05, 0) is 80.3 Å². The van der Waals surface area contributed by atoms with Crippen LogP contribution in [-0.4, -0.2) is 49.5 Å². The minimum atomic E-state index is -0.788. The van der Waals surface area contributed by atoms with Gasteiger partial charge in [-0.2, -0.15) is 10.2 Å². The predicted molar refractivity (Wildman–Crippen MR) is 152 cm³/mol. The van der Waals surface area contributed by atoms with E-state index >= 15 is 0 Å². The van der Waals surface area contributed by atoms with Crippen LogP contribution in [0.25, 0.3) is 11.1 Å². The molecular formula is C31H34N6O3. The number of aromatic amines is 1. The number of hydrogen-bond acceptors (Lipinski definition) is 5. The Morgan fingerprint density at radius 3 is 2.55 bits per heavy atom. The van der Waals surface area contributed by atoms with E-state index in [0.29, 0.717) is 11.4 Å². The SMILES string of the molecule is Cc1n[nH]c(C)c1-c1ccc(NC(=O)[C@@H](NC(=O)c2ccnn2C(C)CO)C2c3ccccc3CC23CC3)cc1. The van der Waals surface area contributed by atoms with Crippen molar-refractivity contribution in [3.05, 3.63) is 89.0 Å². The number of H-pyrrole nitrogens is 1. The van der Waals surface area contributed by atoms with Gasteiger partial charge in [0.1, 0.15) is 11.7 Å². The highest BCUT2D eigenvalue weighted by molar-refractivity contribution is 6.01. The first-order chi connectivity index (χ1) is 19.3. The molecule has 4 N–H and O–H groups in total. The molecule has 0 aliphatic heterocycles. The summed E-state index contributed by atoms with van der Waals surface area (Å²) >= 11 is 0. The number of aryl methyl sites for hydroxylation is 2. The Morgan fingerprint density at radius 2 is 1.88 bits per heavy atom. The lowest BCUT2D eigenvalue weighted by Gasteiger charge is -2.30. The molecule has 1 saturated carbocycles. The van der Waals surface area contributed by atoms with Crippen LogP contribution in [0.4, 0.5) is 5.69 Å². The van der Waals surface area contributed by atoms with Crippen LogP contribution in [0.15, 0.2) is 60.8 Å². The second-order valence-corrected chi connectivity index (χ2v) is 11.2. The minimum absolute atomic E-state index is 0.0300. The molecule has 2 aromatic carbocycles. The number of aromatic nitrogens is 4. The largest absolute Gasteiger partial charge is 0.394 e. The molecule has 206 valence electrons. The summed E-state index contributed by atoms with van der Waals surface area (Å²) in [4.78, 5) is 27.6. The number of hydrogen-bond donors (Lipinski definition) is 4. The van der Waals surface area contributed by atoms with Crippen molar-refractivity contribution in [2.75, 3.05) is 11.9 Å². The van der Waals surface area contributed by atoms with Gasteiger partial charge in [0, 0.05) is 29.1 Å². The summed E-state index contributed by atoms with van der Waals surface area (Å²) in [6, 6.07) is 16.4.